The predicted molar refractivity (Wildman–Crippen MR) is 90.3 cm³/mol. The van der Waals surface area contributed by atoms with Gasteiger partial charge in [0, 0.05) is 32.4 Å². The van der Waals surface area contributed by atoms with Crippen LogP contribution in [0.5, 0.6) is 0 Å². The van der Waals surface area contributed by atoms with E-state index in [0.29, 0.717) is 25.1 Å². The van der Waals surface area contributed by atoms with E-state index in [9.17, 15) is 9.59 Å². The van der Waals surface area contributed by atoms with Crippen LogP contribution in [0.1, 0.15) is 54.9 Å². The lowest BCUT2D eigenvalue weighted by Crippen LogP contribution is -2.62. The molecule has 2 N–H and O–H groups in total. The van der Waals surface area contributed by atoms with Gasteiger partial charge in [-0.1, -0.05) is 25.5 Å². The molecule has 1 saturated heterocycles. The molecule has 0 unspecified atom stereocenters. The Morgan fingerprint density at radius 3 is 2.70 bits per heavy atom. The monoisotopic (exact) mass is 315 g/mol. The number of benzene rings is 1. The summed E-state index contributed by atoms with van der Waals surface area (Å²) in [5.74, 6) is 0.216. The van der Waals surface area contributed by atoms with Crippen molar-refractivity contribution in [3.63, 3.8) is 0 Å². The molecule has 3 rings (SSSR count). The molecule has 5 nitrogen and oxygen atoms in total. The zero-order chi connectivity index (χ0) is 16.4. The largest absolute Gasteiger partial charge is 0.362 e. The second-order valence-electron chi connectivity index (χ2n) is 6.64. The molecule has 5 heteroatoms. The normalized spacial score (nSPS) is 19.0. The van der Waals surface area contributed by atoms with Gasteiger partial charge in [-0.15, -0.1) is 0 Å². The third kappa shape index (κ3) is 3.05. The molecule has 2 heterocycles. The van der Waals surface area contributed by atoms with Crippen LogP contribution in [0.25, 0.3) is 0 Å². The molecule has 23 heavy (non-hydrogen) atoms. The number of amides is 2. The lowest BCUT2D eigenvalue weighted by molar-refractivity contribution is -0.132. The molecule has 2 aliphatic heterocycles. The highest BCUT2D eigenvalue weighted by Gasteiger charge is 2.41. The fourth-order valence-electron chi connectivity index (χ4n) is 3.45. The van der Waals surface area contributed by atoms with Crippen molar-refractivity contribution >= 4 is 17.5 Å². The van der Waals surface area contributed by atoms with Gasteiger partial charge >= 0.3 is 0 Å². The van der Waals surface area contributed by atoms with Crippen LogP contribution in [0.4, 0.5) is 5.69 Å². The Morgan fingerprint density at radius 2 is 2.00 bits per heavy atom. The summed E-state index contributed by atoms with van der Waals surface area (Å²) in [5, 5.41) is 6.67. The van der Waals surface area contributed by atoms with E-state index in [1.54, 1.807) is 0 Å². The van der Waals surface area contributed by atoms with Crippen molar-refractivity contribution in [2.75, 3.05) is 18.4 Å². The Hall–Kier alpha value is -2.04. The number of carbonyl (C=O) groups excluding carboxylic acids is 2. The Bertz CT molecular complexity index is 619. The summed E-state index contributed by atoms with van der Waals surface area (Å²) in [6, 6.07) is 5.77. The number of fused-ring (bicyclic) bond motifs is 1. The van der Waals surface area contributed by atoms with E-state index < -0.39 is 5.66 Å². The van der Waals surface area contributed by atoms with Crippen molar-refractivity contribution < 1.29 is 9.59 Å². The molecular formula is C18H25N3O2. The molecule has 1 fully saturated rings. The van der Waals surface area contributed by atoms with E-state index in [2.05, 4.69) is 17.6 Å². The van der Waals surface area contributed by atoms with Gasteiger partial charge in [0.05, 0.1) is 11.3 Å². The van der Waals surface area contributed by atoms with Crippen molar-refractivity contribution in [2.24, 2.45) is 0 Å². The first kappa shape index (κ1) is 15.8. The maximum absolute atomic E-state index is 12.4. The first-order valence-electron chi connectivity index (χ1n) is 8.53. The van der Waals surface area contributed by atoms with Gasteiger partial charge in [-0.3, -0.25) is 9.59 Å². The van der Waals surface area contributed by atoms with Crippen LogP contribution < -0.4 is 10.6 Å². The summed E-state index contributed by atoms with van der Waals surface area (Å²) in [5.41, 5.74) is 2.30. The topological polar surface area (TPSA) is 61.4 Å². The van der Waals surface area contributed by atoms with Crippen LogP contribution in [0.3, 0.4) is 0 Å². The Balaban J connectivity index is 1.71. The van der Waals surface area contributed by atoms with Gasteiger partial charge in [0.15, 0.2) is 0 Å². The lowest BCUT2D eigenvalue weighted by atomic mass is 9.91. The number of aryl methyl sites for hydroxylation is 1. The quantitative estimate of drug-likeness (QED) is 0.901. The average Bonchev–Trinajstić information content (AvgIpc) is 2.54. The van der Waals surface area contributed by atoms with E-state index in [-0.39, 0.29) is 11.8 Å². The number of piperidine rings is 1. The predicted octanol–water partition coefficient (Wildman–Crippen LogP) is 2.66. The zero-order valence-electron chi connectivity index (χ0n) is 13.9. The number of hydrogen-bond donors (Lipinski definition) is 2. The molecule has 0 atom stereocenters. The van der Waals surface area contributed by atoms with Crippen molar-refractivity contribution in [1.82, 2.24) is 10.2 Å². The molecule has 124 valence electrons. The minimum atomic E-state index is -0.419. The van der Waals surface area contributed by atoms with Gasteiger partial charge in [0.1, 0.15) is 5.66 Å². The second-order valence-corrected chi connectivity index (χ2v) is 6.64. The minimum Gasteiger partial charge on any atom is -0.362 e. The number of hydrogen-bond acceptors (Lipinski definition) is 3. The summed E-state index contributed by atoms with van der Waals surface area (Å²) in [7, 11) is 0. The molecule has 2 aliphatic rings. The standard InChI is InChI=1S/C18H25N3O2/c1-3-4-8-15(22)21-11-9-18(10-12-21)19-16-13(2)6-5-7-14(16)17(23)20-18/h5-7,19H,3-4,8-12H2,1-2H3,(H,20,23). The molecular weight excluding hydrogens is 290 g/mol. The number of rotatable bonds is 3. The summed E-state index contributed by atoms with van der Waals surface area (Å²) in [4.78, 5) is 26.5. The van der Waals surface area contributed by atoms with E-state index in [0.717, 1.165) is 36.9 Å². The van der Waals surface area contributed by atoms with Crippen molar-refractivity contribution in [2.45, 2.75) is 51.6 Å². The Labute approximate surface area is 137 Å². The third-order valence-corrected chi connectivity index (χ3v) is 4.95. The number of nitrogens with zero attached hydrogens (tertiary/aromatic N) is 1. The fraction of sp³-hybridized carbons (Fsp3) is 0.556. The number of carbonyl (C=O) groups is 2. The van der Waals surface area contributed by atoms with Gasteiger partial charge < -0.3 is 15.5 Å². The summed E-state index contributed by atoms with van der Waals surface area (Å²) >= 11 is 0. The Kier molecular flexibility index (Phi) is 4.28. The van der Waals surface area contributed by atoms with Crippen molar-refractivity contribution in [3.05, 3.63) is 29.3 Å². The maximum atomic E-state index is 12.4. The number of nitrogens with one attached hydrogen (secondary N) is 2. The highest BCUT2D eigenvalue weighted by molar-refractivity contribution is 6.02. The molecule has 2 amide bonds. The number of likely N-dealkylation sites (tertiary alicyclic amines) is 1. The fourth-order valence-corrected chi connectivity index (χ4v) is 3.45. The van der Waals surface area contributed by atoms with Crippen LogP contribution in [0, 0.1) is 6.92 Å². The Morgan fingerprint density at radius 1 is 1.26 bits per heavy atom. The molecule has 0 bridgehead atoms. The van der Waals surface area contributed by atoms with Crippen molar-refractivity contribution in [1.29, 1.82) is 0 Å². The van der Waals surface area contributed by atoms with Gasteiger partial charge in [0.25, 0.3) is 5.91 Å². The molecule has 1 spiro atoms. The van der Waals surface area contributed by atoms with Crippen molar-refractivity contribution in [3.8, 4) is 0 Å². The highest BCUT2D eigenvalue weighted by atomic mass is 16.2. The number of anilines is 1. The highest BCUT2D eigenvalue weighted by Crippen LogP contribution is 2.33. The minimum absolute atomic E-state index is 0.0202. The van der Waals surface area contributed by atoms with Crippen LogP contribution in [0.2, 0.25) is 0 Å². The molecule has 1 aromatic rings. The summed E-state index contributed by atoms with van der Waals surface area (Å²) < 4.78 is 0. The van der Waals surface area contributed by atoms with Gasteiger partial charge in [0.2, 0.25) is 5.91 Å². The average molecular weight is 315 g/mol. The van der Waals surface area contributed by atoms with E-state index in [1.807, 2.05) is 30.0 Å². The number of unbranched alkanes of at least 4 members (excludes halogenated alkanes) is 1. The first-order chi connectivity index (χ1) is 11.0. The first-order valence-corrected chi connectivity index (χ1v) is 8.53. The molecule has 0 saturated carbocycles. The van der Waals surface area contributed by atoms with E-state index in [1.165, 1.54) is 0 Å². The maximum Gasteiger partial charge on any atom is 0.255 e. The van der Waals surface area contributed by atoms with Gasteiger partial charge in [-0.05, 0) is 25.0 Å². The lowest BCUT2D eigenvalue weighted by Gasteiger charge is -2.46. The zero-order valence-corrected chi connectivity index (χ0v) is 13.9. The summed E-state index contributed by atoms with van der Waals surface area (Å²) in [6.45, 7) is 5.50. The molecule has 0 radical (unpaired) electrons. The van der Waals surface area contributed by atoms with Gasteiger partial charge in [-0.25, -0.2) is 0 Å². The smallest absolute Gasteiger partial charge is 0.255 e. The number of para-hydroxylation sites is 1. The molecule has 0 aromatic heterocycles. The molecule has 1 aromatic carbocycles. The second kappa shape index (κ2) is 6.22. The summed E-state index contributed by atoms with van der Waals surface area (Å²) in [6.07, 6.45) is 4.10. The van der Waals surface area contributed by atoms with Crippen LogP contribution in [0.15, 0.2) is 18.2 Å². The molecule has 0 aliphatic carbocycles. The van der Waals surface area contributed by atoms with Gasteiger partial charge in [-0.2, -0.15) is 0 Å². The third-order valence-electron chi connectivity index (χ3n) is 4.95. The van der Waals surface area contributed by atoms with Crippen LogP contribution in [-0.2, 0) is 4.79 Å². The van der Waals surface area contributed by atoms with Crippen LogP contribution in [-0.4, -0.2) is 35.5 Å². The SMILES string of the molecule is CCCCC(=O)N1CCC2(CC1)NC(=O)c1cccc(C)c1N2. The van der Waals surface area contributed by atoms with E-state index in [4.69, 9.17) is 0 Å². The van der Waals surface area contributed by atoms with E-state index >= 15 is 0 Å². The van der Waals surface area contributed by atoms with Crippen LogP contribution >= 0.6 is 0 Å².